The van der Waals surface area contributed by atoms with Gasteiger partial charge >= 0.3 is 0 Å². The van der Waals surface area contributed by atoms with E-state index >= 15 is 0 Å². The molecule has 2 aromatic carbocycles. The summed E-state index contributed by atoms with van der Waals surface area (Å²) in [5.74, 6) is 0.166. The highest BCUT2D eigenvalue weighted by molar-refractivity contribution is 9.10. The van der Waals surface area contributed by atoms with E-state index < -0.39 is 0 Å². The van der Waals surface area contributed by atoms with Crippen LogP contribution in [0.1, 0.15) is 22.3 Å². The molecule has 0 radical (unpaired) electrons. The molecular weight excluding hydrogens is 326 g/mol. The summed E-state index contributed by atoms with van der Waals surface area (Å²) in [6.07, 6.45) is 1.69. The molecule has 0 aromatic heterocycles. The van der Waals surface area contributed by atoms with E-state index in [4.69, 9.17) is 0 Å². The van der Waals surface area contributed by atoms with Crippen molar-refractivity contribution in [2.75, 3.05) is 5.32 Å². The molecule has 2 aromatic rings. The van der Waals surface area contributed by atoms with Gasteiger partial charge in [0.2, 0.25) is 5.91 Å². The molecule has 3 heteroatoms. The van der Waals surface area contributed by atoms with Crippen molar-refractivity contribution in [3.63, 3.8) is 0 Å². The average molecular weight is 344 g/mol. The van der Waals surface area contributed by atoms with Crippen LogP contribution in [0.15, 0.2) is 40.9 Å². The second kappa shape index (κ2) is 5.64. The topological polar surface area (TPSA) is 29.1 Å². The molecular formula is C18H18BrNO. The van der Waals surface area contributed by atoms with Gasteiger partial charge in [-0.05, 0) is 61.1 Å². The van der Waals surface area contributed by atoms with Crippen molar-refractivity contribution >= 4 is 27.5 Å². The molecule has 1 aliphatic carbocycles. The van der Waals surface area contributed by atoms with Crippen molar-refractivity contribution < 1.29 is 4.79 Å². The number of nitrogens with one attached hydrogen (secondary N) is 1. The number of benzene rings is 2. The van der Waals surface area contributed by atoms with Crippen LogP contribution in [0.3, 0.4) is 0 Å². The number of fused-ring (bicyclic) bond motifs is 1. The normalized spacial score (nSPS) is 14.0. The van der Waals surface area contributed by atoms with Gasteiger partial charge in [-0.1, -0.05) is 40.2 Å². The molecule has 0 bridgehead atoms. The van der Waals surface area contributed by atoms with Gasteiger partial charge in [0.05, 0.1) is 0 Å². The minimum atomic E-state index is 0.0478. The van der Waals surface area contributed by atoms with Gasteiger partial charge in [0.15, 0.2) is 0 Å². The number of amides is 1. The van der Waals surface area contributed by atoms with Crippen LogP contribution in [0.4, 0.5) is 5.69 Å². The monoisotopic (exact) mass is 343 g/mol. The number of anilines is 1. The van der Waals surface area contributed by atoms with Crippen LogP contribution in [-0.4, -0.2) is 5.91 Å². The Labute approximate surface area is 133 Å². The van der Waals surface area contributed by atoms with E-state index in [1.165, 1.54) is 11.1 Å². The minimum Gasteiger partial charge on any atom is -0.326 e. The van der Waals surface area contributed by atoms with E-state index in [1.807, 2.05) is 38.1 Å². The van der Waals surface area contributed by atoms with Crippen LogP contribution in [0.5, 0.6) is 0 Å². The summed E-state index contributed by atoms with van der Waals surface area (Å²) >= 11 is 3.55. The van der Waals surface area contributed by atoms with Gasteiger partial charge in [-0.25, -0.2) is 0 Å². The Balaban J connectivity index is 1.74. The number of rotatable bonds is 2. The van der Waals surface area contributed by atoms with E-state index in [2.05, 4.69) is 33.4 Å². The molecule has 108 valence electrons. The molecule has 1 amide bonds. The van der Waals surface area contributed by atoms with Crippen LogP contribution in [0.2, 0.25) is 0 Å². The summed E-state index contributed by atoms with van der Waals surface area (Å²) in [6, 6.07) is 12.3. The van der Waals surface area contributed by atoms with E-state index in [9.17, 15) is 4.79 Å². The minimum absolute atomic E-state index is 0.0478. The smallest absolute Gasteiger partial charge is 0.228 e. The number of hydrogen-bond donors (Lipinski definition) is 1. The standard InChI is InChI=1S/C18H18BrNO/c1-11-7-16(8-12(2)17(11)19)20-18(21)15-9-13-5-3-4-6-14(13)10-15/h3-8,15H,9-10H2,1-2H3,(H,20,21). The second-order valence-corrected chi connectivity index (χ2v) is 6.58. The predicted molar refractivity (Wildman–Crippen MR) is 89.6 cm³/mol. The molecule has 0 saturated carbocycles. The zero-order chi connectivity index (χ0) is 15.0. The van der Waals surface area contributed by atoms with Crippen molar-refractivity contribution in [1.82, 2.24) is 0 Å². The van der Waals surface area contributed by atoms with Crippen molar-refractivity contribution in [1.29, 1.82) is 0 Å². The third-order valence-electron chi connectivity index (χ3n) is 4.13. The van der Waals surface area contributed by atoms with Gasteiger partial charge in [-0.15, -0.1) is 0 Å². The van der Waals surface area contributed by atoms with Crippen LogP contribution < -0.4 is 5.32 Å². The van der Waals surface area contributed by atoms with Gasteiger partial charge in [0.1, 0.15) is 0 Å². The zero-order valence-corrected chi connectivity index (χ0v) is 13.8. The number of carbonyl (C=O) groups excluding carboxylic acids is 1. The Morgan fingerprint density at radius 1 is 1.10 bits per heavy atom. The fraction of sp³-hybridized carbons (Fsp3) is 0.278. The van der Waals surface area contributed by atoms with E-state index in [0.717, 1.165) is 34.1 Å². The average Bonchev–Trinajstić information content (AvgIpc) is 2.88. The molecule has 1 N–H and O–H groups in total. The highest BCUT2D eigenvalue weighted by Gasteiger charge is 2.27. The molecule has 21 heavy (non-hydrogen) atoms. The molecule has 0 atom stereocenters. The van der Waals surface area contributed by atoms with Gasteiger partial charge in [-0.3, -0.25) is 4.79 Å². The first-order valence-electron chi connectivity index (χ1n) is 7.19. The number of aryl methyl sites for hydroxylation is 2. The Hall–Kier alpha value is -1.61. The Kier molecular flexibility index (Phi) is 3.85. The number of hydrogen-bond acceptors (Lipinski definition) is 1. The summed E-state index contributed by atoms with van der Waals surface area (Å²) in [5, 5.41) is 3.07. The molecule has 2 nitrogen and oxygen atoms in total. The fourth-order valence-electron chi connectivity index (χ4n) is 3.01. The molecule has 1 aliphatic rings. The first-order valence-corrected chi connectivity index (χ1v) is 7.98. The maximum atomic E-state index is 12.5. The van der Waals surface area contributed by atoms with E-state index in [0.29, 0.717) is 0 Å². The van der Waals surface area contributed by atoms with Crippen LogP contribution in [0.25, 0.3) is 0 Å². The van der Waals surface area contributed by atoms with Gasteiger partial charge < -0.3 is 5.32 Å². The second-order valence-electron chi connectivity index (χ2n) is 5.79. The van der Waals surface area contributed by atoms with Gasteiger partial charge in [-0.2, -0.15) is 0 Å². The van der Waals surface area contributed by atoms with Crippen molar-refractivity contribution in [2.45, 2.75) is 26.7 Å². The SMILES string of the molecule is Cc1cc(NC(=O)C2Cc3ccccc3C2)cc(C)c1Br. The van der Waals surface area contributed by atoms with Crippen molar-refractivity contribution in [3.8, 4) is 0 Å². The van der Waals surface area contributed by atoms with E-state index in [-0.39, 0.29) is 11.8 Å². The lowest BCUT2D eigenvalue weighted by atomic mass is 10.0. The first-order chi connectivity index (χ1) is 10.0. The van der Waals surface area contributed by atoms with Crippen molar-refractivity contribution in [2.24, 2.45) is 5.92 Å². The molecule has 0 saturated heterocycles. The predicted octanol–water partition coefficient (Wildman–Crippen LogP) is 4.42. The third-order valence-corrected chi connectivity index (χ3v) is 5.38. The van der Waals surface area contributed by atoms with E-state index in [1.54, 1.807) is 0 Å². The maximum absolute atomic E-state index is 12.5. The largest absolute Gasteiger partial charge is 0.326 e. The molecule has 3 rings (SSSR count). The number of halogens is 1. The summed E-state index contributed by atoms with van der Waals surface area (Å²) in [7, 11) is 0. The molecule has 0 heterocycles. The summed E-state index contributed by atoms with van der Waals surface area (Å²) in [5.41, 5.74) is 5.77. The third kappa shape index (κ3) is 2.88. The Morgan fingerprint density at radius 2 is 1.62 bits per heavy atom. The summed E-state index contributed by atoms with van der Waals surface area (Å²) in [4.78, 5) is 12.5. The molecule has 0 aliphatic heterocycles. The summed E-state index contributed by atoms with van der Waals surface area (Å²) in [6.45, 7) is 4.08. The van der Waals surface area contributed by atoms with Crippen LogP contribution in [0, 0.1) is 19.8 Å². The zero-order valence-electron chi connectivity index (χ0n) is 12.2. The summed E-state index contributed by atoms with van der Waals surface area (Å²) < 4.78 is 1.11. The maximum Gasteiger partial charge on any atom is 0.228 e. The highest BCUT2D eigenvalue weighted by Crippen LogP contribution is 2.29. The fourth-order valence-corrected chi connectivity index (χ4v) is 3.24. The van der Waals surface area contributed by atoms with Crippen LogP contribution in [-0.2, 0) is 17.6 Å². The van der Waals surface area contributed by atoms with Gasteiger partial charge in [0, 0.05) is 16.1 Å². The Bertz CT molecular complexity index is 660. The lowest BCUT2D eigenvalue weighted by molar-refractivity contribution is -0.119. The highest BCUT2D eigenvalue weighted by atomic mass is 79.9. The quantitative estimate of drug-likeness (QED) is 0.859. The molecule has 0 spiro atoms. The number of carbonyl (C=O) groups is 1. The first kappa shape index (κ1) is 14.3. The Morgan fingerprint density at radius 3 is 2.14 bits per heavy atom. The van der Waals surface area contributed by atoms with Crippen LogP contribution >= 0.6 is 15.9 Å². The lowest BCUT2D eigenvalue weighted by Crippen LogP contribution is -2.23. The molecule has 0 unspecified atom stereocenters. The lowest BCUT2D eigenvalue weighted by Gasteiger charge is -2.13. The molecule has 0 fully saturated rings. The van der Waals surface area contributed by atoms with Gasteiger partial charge in [0.25, 0.3) is 0 Å². The van der Waals surface area contributed by atoms with Crippen molar-refractivity contribution in [3.05, 3.63) is 63.1 Å².